The lowest BCUT2D eigenvalue weighted by atomic mass is 10.2. The number of nitrogens with one attached hydrogen (secondary N) is 1. The summed E-state index contributed by atoms with van der Waals surface area (Å²) in [5, 5.41) is 2.75. The van der Waals surface area contributed by atoms with E-state index in [-0.39, 0.29) is 17.6 Å². The van der Waals surface area contributed by atoms with E-state index in [1.165, 1.54) is 0 Å². The summed E-state index contributed by atoms with van der Waals surface area (Å²) < 4.78 is 11.3. The Bertz CT molecular complexity index is 542. The third-order valence-corrected chi connectivity index (χ3v) is 4.65. The number of nitrogens with zero attached hydrogens (tertiary/aromatic N) is 1. The van der Waals surface area contributed by atoms with Gasteiger partial charge >= 0.3 is 0 Å². The fourth-order valence-corrected chi connectivity index (χ4v) is 2.81. The molecule has 6 heteroatoms. The van der Waals surface area contributed by atoms with Crippen LogP contribution in [-0.2, 0) is 26.9 Å². The summed E-state index contributed by atoms with van der Waals surface area (Å²) in [4.78, 5) is 25.0. The van der Waals surface area contributed by atoms with Crippen molar-refractivity contribution in [2.75, 3.05) is 23.0 Å². The summed E-state index contributed by atoms with van der Waals surface area (Å²) in [6.45, 7) is 2.98. The Morgan fingerprint density at radius 1 is 1.33 bits per heavy atom. The SMILES string of the molecule is CC[S@@](=O)CC(=O)NCc1ccc(N2CCCC2=O)cc1. The van der Waals surface area contributed by atoms with Gasteiger partial charge in [0, 0.05) is 41.8 Å². The molecule has 21 heavy (non-hydrogen) atoms. The Kier molecular flexibility index (Phi) is 5.50. The van der Waals surface area contributed by atoms with Gasteiger partial charge in [-0.2, -0.15) is 0 Å². The van der Waals surface area contributed by atoms with Gasteiger partial charge in [0.05, 0.1) is 0 Å². The lowest BCUT2D eigenvalue weighted by Crippen LogP contribution is -2.28. The summed E-state index contributed by atoms with van der Waals surface area (Å²) in [7, 11) is -1.08. The van der Waals surface area contributed by atoms with Gasteiger partial charge in [-0.3, -0.25) is 13.8 Å². The summed E-state index contributed by atoms with van der Waals surface area (Å²) in [5.41, 5.74) is 1.86. The highest BCUT2D eigenvalue weighted by molar-refractivity contribution is 7.85. The average Bonchev–Trinajstić information content (AvgIpc) is 2.91. The van der Waals surface area contributed by atoms with E-state index in [2.05, 4.69) is 5.32 Å². The van der Waals surface area contributed by atoms with Crippen LogP contribution >= 0.6 is 0 Å². The third kappa shape index (κ3) is 4.39. The van der Waals surface area contributed by atoms with Gasteiger partial charge in [0.25, 0.3) is 0 Å². The minimum Gasteiger partial charge on any atom is -0.351 e. The molecule has 0 unspecified atom stereocenters. The molecule has 0 aliphatic carbocycles. The molecule has 5 nitrogen and oxygen atoms in total. The number of rotatable bonds is 6. The van der Waals surface area contributed by atoms with E-state index in [4.69, 9.17) is 0 Å². The van der Waals surface area contributed by atoms with Crippen LogP contribution in [0.3, 0.4) is 0 Å². The molecule has 2 amide bonds. The number of anilines is 1. The molecule has 1 aromatic carbocycles. The number of hydrogen-bond donors (Lipinski definition) is 1. The fraction of sp³-hybridized carbons (Fsp3) is 0.467. The summed E-state index contributed by atoms with van der Waals surface area (Å²) >= 11 is 0. The van der Waals surface area contributed by atoms with E-state index in [0.717, 1.165) is 24.2 Å². The molecule has 0 bridgehead atoms. The highest BCUT2D eigenvalue weighted by atomic mass is 32.2. The van der Waals surface area contributed by atoms with Gasteiger partial charge in [-0.15, -0.1) is 0 Å². The first-order valence-electron chi connectivity index (χ1n) is 7.11. The Morgan fingerprint density at radius 3 is 2.62 bits per heavy atom. The van der Waals surface area contributed by atoms with Gasteiger partial charge in [-0.05, 0) is 24.1 Å². The molecule has 1 aliphatic heterocycles. The largest absolute Gasteiger partial charge is 0.351 e. The molecular formula is C15H20N2O3S. The molecule has 1 saturated heterocycles. The van der Waals surface area contributed by atoms with Crippen molar-refractivity contribution in [2.24, 2.45) is 0 Å². The first-order valence-corrected chi connectivity index (χ1v) is 8.60. The Balaban J connectivity index is 1.86. The fourth-order valence-electron chi connectivity index (χ4n) is 2.21. The molecule has 2 rings (SSSR count). The highest BCUT2D eigenvalue weighted by Gasteiger charge is 2.21. The van der Waals surface area contributed by atoms with Gasteiger partial charge in [-0.1, -0.05) is 19.1 Å². The number of benzene rings is 1. The van der Waals surface area contributed by atoms with E-state index in [0.29, 0.717) is 18.7 Å². The van der Waals surface area contributed by atoms with Crippen molar-refractivity contribution < 1.29 is 13.8 Å². The van der Waals surface area contributed by atoms with Crippen LogP contribution in [0.5, 0.6) is 0 Å². The van der Waals surface area contributed by atoms with Crippen LogP contribution in [0.25, 0.3) is 0 Å². The number of carbonyl (C=O) groups is 2. The van der Waals surface area contributed by atoms with Crippen LogP contribution in [0.2, 0.25) is 0 Å². The van der Waals surface area contributed by atoms with Crippen LogP contribution in [0.4, 0.5) is 5.69 Å². The second-order valence-corrected chi connectivity index (χ2v) is 6.71. The highest BCUT2D eigenvalue weighted by Crippen LogP contribution is 2.21. The molecule has 1 fully saturated rings. The van der Waals surface area contributed by atoms with Crippen molar-refractivity contribution in [3.8, 4) is 0 Å². The van der Waals surface area contributed by atoms with Crippen molar-refractivity contribution in [1.29, 1.82) is 0 Å². The zero-order valence-corrected chi connectivity index (χ0v) is 12.9. The first-order chi connectivity index (χ1) is 10.1. The maximum absolute atomic E-state index is 11.6. The predicted octanol–water partition coefficient (Wildman–Crippen LogP) is 1.20. The molecule has 0 aromatic heterocycles. The molecule has 0 radical (unpaired) electrons. The van der Waals surface area contributed by atoms with Crippen molar-refractivity contribution >= 4 is 28.3 Å². The van der Waals surface area contributed by atoms with E-state index < -0.39 is 10.8 Å². The van der Waals surface area contributed by atoms with Crippen LogP contribution in [-0.4, -0.2) is 34.1 Å². The quantitative estimate of drug-likeness (QED) is 0.858. The lowest BCUT2D eigenvalue weighted by Gasteiger charge is -2.16. The lowest BCUT2D eigenvalue weighted by molar-refractivity contribution is -0.119. The minimum atomic E-state index is -1.08. The van der Waals surface area contributed by atoms with Crippen molar-refractivity contribution in [3.05, 3.63) is 29.8 Å². The van der Waals surface area contributed by atoms with Crippen molar-refractivity contribution in [2.45, 2.75) is 26.3 Å². The van der Waals surface area contributed by atoms with Gasteiger partial charge in [0.2, 0.25) is 11.8 Å². The van der Waals surface area contributed by atoms with E-state index in [9.17, 15) is 13.8 Å². The van der Waals surface area contributed by atoms with Gasteiger partial charge in [-0.25, -0.2) is 0 Å². The molecule has 114 valence electrons. The van der Waals surface area contributed by atoms with Crippen molar-refractivity contribution in [3.63, 3.8) is 0 Å². The zero-order valence-electron chi connectivity index (χ0n) is 12.1. The normalized spacial score (nSPS) is 16.0. The third-order valence-electron chi connectivity index (χ3n) is 3.43. The maximum Gasteiger partial charge on any atom is 0.232 e. The molecule has 0 spiro atoms. The first kappa shape index (κ1) is 15.7. The molecule has 0 saturated carbocycles. The van der Waals surface area contributed by atoms with Gasteiger partial charge in [0.1, 0.15) is 5.75 Å². The molecule has 1 N–H and O–H groups in total. The van der Waals surface area contributed by atoms with Crippen LogP contribution < -0.4 is 10.2 Å². The Hall–Kier alpha value is -1.69. The van der Waals surface area contributed by atoms with Gasteiger partial charge in [0.15, 0.2) is 0 Å². The van der Waals surface area contributed by atoms with Gasteiger partial charge < -0.3 is 10.2 Å². The Labute approximate surface area is 127 Å². The number of amides is 2. The second kappa shape index (κ2) is 7.36. The van der Waals surface area contributed by atoms with Crippen LogP contribution in [0.15, 0.2) is 24.3 Å². The molecule has 1 aliphatic rings. The maximum atomic E-state index is 11.6. The zero-order chi connectivity index (χ0) is 15.2. The molecular weight excluding hydrogens is 288 g/mol. The van der Waals surface area contributed by atoms with Crippen LogP contribution in [0.1, 0.15) is 25.3 Å². The minimum absolute atomic E-state index is 0.0524. The van der Waals surface area contributed by atoms with Crippen LogP contribution in [0, 0.1) is 0 Å². The summed E-state index contributed by atoms with van der Waals surface area (Å²) in [6, 6.07) is 7.60. The standard InChI is InChI=1S/C15H20N2O3S/c1-2-21(20)11-14(18)16-10-12-5-7-13(8-6-12)17-9-3-4-15(17)19/h5-8H,2-4,9-11H2,1H3,(H,16,18)/t21-/m1/s1. The predicted molar refractivity (Wildman–Crippen MR) is 83.4 cm³/mol. The van der Waals surface area contributed by atoms with E-state index in [1.807, 2.05) is 24.3 Å². The summed E-state index contributed by atoms with van der Waals surface area (Å²) in [6.07, 6.45) is 1.53. The monoisotopic (exact) mass is 308 g/mol. The Morgan fingerprint density at radius 2 is 2.05 bits per heavy atom. The summed E-state index contributed by atoms with van der Waals surface area (Å²) in [5.74, 6) is 0.509. The number of hydrogen-bond acceptors (Lipinski definition) is 3. The topological polar surface area (TPSA) is 66.5 Å². The van der Waals surface area contributed by atoms with E-state index >= 15 is 0 Å². The number of carbonyl (C=O) groups excluding carboxylic acids is 2. The molecule has 1 aromatic rings. The smallest absolute Gasteiger partial charge is 0.232 e. The molecule has 1 heterocycles. The van der Waals surface area contributed by atoms with Crippen molar-refractivity contribution in [1.82, 2.24) is 5.32 Å². The molecule has 1 atom stereocenters. The van der Waals surface area contributed by atoms with E-state index in [1.54, 1.807) is 11.8 Å². The second-order valence-electron chi connectivity index (χ2n) is 4.96. The average molecular weight is 308 g/mol.